The van der Waals surface area contributed by atoms with Crippen molar-refractivity contribution in [2.45, 2.75) is 20.3 Å². The molecule has 0 bridgehead atoms. The fourth-order valence-electron chi connectivity index (χ4n) is 1.96. The lowest BCUT2D eigenvalue weighted by atomic mass is 10.1. The van der Waals surface area contributed by atoms with Gasteiger partial charge < -0.3 is 11.1 Å². The van der Waals surface area contributed by atoms with Gasteiger partial charge in [0.1, 0.15) is 4.99 Å². The minimum Gasteiger partial charge on any atom is -0.388 e. The lowest BCUT2D eigenvalue weighted by Gasteiger charge is -2.14. The standard InChI is InChI=1S/C15H17N3S/c1-3-11-6-4-5-10(2)14(11)18-12-7-8-13(15(16)19)17-9-12/h4-9,18H,3H2,1-2H3,(H2,16,19). The Balaban J connectivity index is 2.28. The number of nitrogens with one attached hydrogen (secondary N) is 1. The highest BCUT2D eigenvalue weighted by Gasteiger charge is 2.05. The zero-order chi connectivity index (χ0) is 13.8. The molecule has 2 rings (SSSR count). The largest absolute Gasteiger partial charge is 0.388 e. The number of rotatable bonds is 4. The molecular formula is C15H17N3S. The summed E-state index contributed by atoms with van der Waals surface area (Å²) in [5.41, 5.74) is 10.8. The molecule has 1 heterocycles. The van der Waals surface area contributed by atoms with Crippen molar-refractivity contribution in [2.75, 3.05) is 5.32 Å². The smallest absolute Gasteiger partial charge is 0.122 e. The highest BCUT2D eigenvalue weighted by molar-refractivity contribution is 7.80. The highest BCUT2D eigenvalue weighted by Crippen LogP contribution is 2.25. The topological polar surface area (TPSA) is 50.9 Å². The summed E-state index contributed by atoms with van der Waals surface area (Å²) in [5.74, 6) is 0. The van der Waals surface area contributed by atoms with E-state index in [0.717, 1.165) is 17.8 Å². The van der Waals surface area contributed by atoms with E-state index in [1.807, 2.05) is 12.1 Å². The van der Waals surface area contributed by atoms with E-state index in [-0.39, 0.29) is 0 Å². The summed E-state index contributed by atoms with van der Waals surface area (Å²) in [4.78, 5) is 4.55. The fourth-order valence-corrected chi connectivity index (χ4v) is 2.08. The fraction of sp³-hybridized carbons (Fsp3) is 0.200. The molecule has 0 spiro atoms. The van der Waals surface area contributed by atoms with E-state index in [1.54, 1.807) is 6.20 Å². The third-order valence-corrected chi connectivity index (χ3v) is 3.23. The number of thiocarbonyl (C=S) groups is 1. The van der Waals surface area contributed by atoms with E-state index in [4.69, 9.17) is 18.0 Å². The van der Waals surface area contributed by atoms with Crippen molar-refractivity contribution in [3.05, 3.63) is 53.3 Å². The minimum atomic E-state index is 0.316. The maximum atomic E-state index is 5.53. The van der Waals surface area contributed by atoms with Crippen LogP contribution in [0.25, 0.3) is 0 Å². The van der Waals surface area contributed by atoms with Gasteiger partial charge in [-0.2, -0.15) is 0 Å². The predicted octanol–water partition coefficient (Wildman–Crippen LogP) is 3.33. The van der Waals surface area contributed by atoms with Crippen molar-refractivity contribution < 1.29 is 0 Å². The third kappa shape index (κ3) is 3.09. The van der Waals surface area contributed by atoms with Gasteiger partial charge in [-0.25, -0.2) is 0 Å². The van der Waals surface area contributed by atoms with Gasteiger partial charge in [0.05, 0.1) is 17.6 Å². The van der Waals surface area contributed by atoms with Crippen LogP contribution in [0.4, 0.5) is 11.4 Å². The van der Waals surface area contributed by atoms with Crippen molar-refractivity contribution in [1.82, 2.24) is 4.98 Å². The van der Waals surface area contributed by atoms with Crippen molar-refractivity contribution >= 4 is 28.6 Å². The van der Waals surface area contributed by atoms with Crippen molar-refractivity contribution in [3.8, 4) is 0 Å². The maximum absolute atomic E-state index is 5.53. The van der Waals surface area contributed by atoms with Crippen LogP contribution in [0.1, 0.15) is 23.7 Å². The maximum Gasteiger partial charge on any atom is 0.122 e. The van der Waals surface area contributed by atoms with Crippen molar-refractivity contribution in [1.29, 1.82) is 0 Å². The lowest BCUT2D eigenvalue weighted by Crippen LogP contribution is -2.11. The van der Waals surface area contributed by atoms with E-state index in [2.05, 4.69) is 42.3 Å². The second-order valence-corrected chi connectivity index (χ2v) is 4.82. The first kappa shape index (κ1) is 13.5. The first-order valence-corrected chi connectivity index (χ1v) is 6.64. The molecule has 0 unspecified atom stereocenters. The van der Waals surface area contributed by atoms with E-state index in [1.165, 1.54) is 11.1 Å². The SMILES string of the molecule is CCc1cccc(C)c1Nc1ccc(C(N)=S)nc1. The summed E-state index contributed by atoms with van der Waals surface area (Å²) in [6, 6.07) is 10.1. The van der Waals surface area contributed by atoms with Crippen LogP contribution in [0.5, 0.6) is 0 Å². The molecule has 0 atom stereocenters. The molecule has 0 amide bonds. The van der Waals surface area contributed by atoms with Crippen molar-refractivity contribution in [3.63, 3.8) is 0 Å². The number of anilines is 2. The normalized spacial score (nSPS) is 10.2. The van der Waals surface area contributed by atoms with Crippen LogP contribution in [0.2, 0.25) is 0 Å². The number of hydrogen-bond donors (Lipinski definition) is 2. The molecule has 1 aromatic carbocycles. The van der Waals surface area contributed by atoms with Gasteiger partial charge in [0, 0.05) is 5.69 Å². The van der Waals surface area contributed by atoms with Crippen LogP contribution in [0.15, 0.2) is 36.5 Å². The van der Waals surface area contributed by atoms with Gasteiger partial charge in [-0.3, -0.25) is 4.98 Å². The first-order valence-electron chi connectivity index (χ1n) is 6.23. The van der Waals surface area contributed by atoms with Crippen LogP contribution >= 0.6 is 12.2 Å². The van der Waals surface area contributed by atoms with Crippen LogP contribution in [0.3, 0.4) is 0 Å². The van der Waals surface area contributed by atoms with Gasteiger partial charge in [-0.1, -0.05) is 37.3 Å². The van der Waals surface area contributed by atoms with Gasteiger partial charge in [0.15, 0.2) is 0 Å². The quantitative estimate of drug-likeness (QED) is 0.837. The number of nitrogens with two attached hydrogens (primary N) is 1. The number of hydrogen-bond acceptors (Lipinski definition) is 3. The Labute approximate surface area is 118 Å². The number of pyridine rings is 1. The second kappa shape index (κ2) is 5.80. The van der Waals surface area contributed by atoms with E-state index in [0.29, 0.717) is 10.7 Å². The zero-order valence-electron chi connectivity index (χ0n) is 11.1. The van der Waals surface area contributed by atoms with Gasteiger partial charge in [0.2, 0.25) is 0 Å². The second-order valence-electron chi connectivity index (χ2n) is 4.38. The molecule has 0 saturated heterocycles. The molecular weight excluding hydrogens is 254 g/mol. The Kier molecular flexibility index (Phi) is 4.12. The summed E-state index contributed by atoms with van der Waals surface area (Å²) in [6.07, 6.45) is 2.74. The Morgan fingerprint density at radius 2 is 2.11 bits per heavy atom. The third-order valence-electron chi connectivity index (χ3n) is 3.03. The molecule has 98 valence electrons. The Bertz CT molecular complexity index is 591. The summed E-state index contributed by atoms with van der Waals surface area (Å²) in [7, 11) is 0. The Morgan fingerprint density at radius 1 is 1.32 bits per heavy atom. The van der Waals surface area contributed by atoms with E-state index >= 15 is 0 Å². The number of para-hydroxylation sites is 1. The van der Waals surface area contributed by atoms with Crippen LogP contribution < -0.4 is 11.1 Å². The van der Waals surface area contributed by atoms with E-state index in [9.17, 15) is 0 Å². The molecule has 3 N–H and O–H groups in total. The lowest BCUT2D eigenvalue weighted by molar-refractivity contribution is 1.13. The van der Waals surface area contributed by atoms with Gasteiger partial charge >= 0.3 is 0 Å². The first-order chi connectivity index (χ1) is 9.11. The minimum absolute atomic E-state index is 0.316. The van der Waals surface area contributed by atoms with Crippen LogP contribution in [-0.4, -0.2) is 9.97 Å². The Morgan fingerprint density at radius 3 is 2.68 bits per heavy atom. The van der Waals surface area contributed by atoms with Crippen LogP contribution in [0, 0.1) is 6.92 Å². The van der Waals surface area contributed by atoms with Crippen molar-refractivity contribution in [2.24, 2.45) is 5.73 Å². The Hall–Kier alpha value is -1.94. The molecule has 0 aliphatic rings. The molecule has 0 fully saturated rings. The van der Waals surface area contributed by atoms with Gasteiger partial charge in [0.25, 0.3) is 0 Å². The summed E-state index contributed by atoms with van der Waals surface area (Å²) < 4.78 is 0. The molecule has 0 radical (unpaired) electrons. The summed E-state index contributed by atoms with van der Waals surface area (Å²) >= 11 is 4.89. The molecule has 0 aliphatic carbocycles. The molecule has 2 aromatic rings. The van der Waals surface area contributed by atoms with E-state index < -0.39 is 0 Å². The molecule has 1 aromatic heterocycles. The summed E-state index contributed by atoms with van der Waals surface area (Å²) in [5, 5.41) is 3.41. The molecule has 4 heteroatoms. The van der Waals surface area contributed by atoms with Crippen LogP contribution in [-0.2, 0) is 6.42 Å². The average Bonchev–Trinajstić information content (AvgIpc) is 2.41. The molecule has 19 heavy (non-hydrogen) atoms. The predicted molar refractivity (Wildman–Crippen MR) is 84.0 cm³/mol. The number of benzene rings is 1. The number of aryl methyl sites for hydroxylation is 2. The molecule has 3 nitrogen and oxygen atoms in total. The highest BCUT2D eigenvalue weighted by atomic mass is 32.1. The van der Waals surface area contributed by atoms with Gasteiger partial charge in [-0.15, -0.1) is 0 Å². The number of nitrogens with zero attached hydrogens (tertiary/aromatic N) is 1. The number of aromatic nitrogens is 1. The monoisotopic (exact) mass is 271 g/mol. The van der Waals surface area contributed by atoms with Gasteiger partial charge in [-0.05, 0) is 36.6 Å². The molecule has 0 aliphatic heterocycles. The zero-order valence-corrected chi connectivity index (χ0v) is 11.9. The average molecular weight is 271 g/mol. The molecule has 0 saturated carbocycles. The summed E-state index contributed by atoms with van der Waals surface area (Å²) in [6.45, 7) is 4.24.